The highest BCUT2D eigenvalue weighted by molar-refractivity contribution is 5.84. The number of esters is 1. The molecule has 0 spiro atoms. The summed E-state index contributed by atoms with van der Waals surface area (Å²) < 4.78 is 4.61. The Morgan fingerprint density at radius 3 is 2.09 bits per heavy atom. The zero-order valence-electron chi connectivity index (χ0n) is 12.4. The van der Waals surface area contributed by atoms with E-state index < -0.39 is 24.0 Å². The van der Waals surface area contributed by atoms with Gasteiger partial charge in [0, 0.05) is 26.9 Å². The fraction of sp³-hybridized carbons (Fsp3) is 0.667. The molecular weight excluding hydrogens is 300 g/mol. The van der Waals surface area contributed by atoms with Gasteiger partial charge in [0.1, 0.15) is 12.1 Å². The Morgan fingerprint density at radius 2 is 1.86 bits per heavy atom. The van der Waals surface area contributed by atoms with Crippen LogP contribution in [-0.2, 0) is 23.9 Å². The number of aliphatic carboxylic acids is 2. The molecule has 10 nitrogen and oxygen atoms in total. The molecule has 0 aromatic carbocycles. The number of carbonyl (C=O) groups excluding carboxylic acids is 2. The van der Waals surface area contributed by atoms with E-state index in [0.717, 1.165) is 6.92 Å². The second-order valence-corrected chi connectivity index (χ2v) is 4.19. The van der Waals surface area contributed by atoms with Gasteiger partial charge < -0.3 is 31.1 Å². The molecule has 1 aliphatic heterocycles. The molecule has 10 heteroatoms. The highest BCUT2D eigenvalue weighted by atomic mass is 16.5. The summed E-state index contributed by atoms with van der Waals surface area (Å²) in [5.74, 6) is -2.42. The van der Waals surface area contributed by atoms with Crippen LogP contribution in [0.4, 0.5) is 0 Å². The standard InChI is InChI=1S/C6H9NO3.C4H9NO3.C2H4O2/c1-4(8)7-5-2-3-10-6(5)9;5-3(1-2-6)4(7)8;1-2(3)4/h5H,2-3H2,1H3,(H,7,8);3,6H,1-2,5H2,(H,7,8);1H3,(H,3,4). The van der Waals surface area contributed by atoms with Crippen LogP contribution in [0.25, 0.3) is 0 Å². The van der Waals surface area contributed by atoms with E-state index >= 15 is 0 Å². The molecule has 0 radical (unpaired) electrons. The Labute approximate surface area is 127 Å². The largest absolute Gasteiger partial charge is 0.481 e. The molecular formula is C12H22N2O8. The summed E-state index contributed by atoms with van der Waals surface area (Å²) in [6.45, 7) is 2.71. The lowest BCUT2D eigenvalue weighted by Gasteiger charge is -2.03. The maximum atomic E-state index is 10.7. The Morgan fingerprint density at radius 1 is 1.36 bits per heavy atom. The van der Waals surface area contributed by atoms with Crippen LogP contribution in [0.3, 0.4) is 0 Å². The number of ether oxygens (including phenoxy) is 1. The first kappa shape index (κ1) is 22.1. The van der Waals surface area contributed by atoms with Crippen molar-refractivity contribution in [2.45, 2.75) is 38.8 Å². The smallest absolute Gasteiger partial charge is 0.328 e. The average molecular weight is 322 g/mol. The van der Waals surface area contributed by atoms with Gasteiger partial charge in [-0.1, -0.05) is 0 Å². The van der Waals surface area contributed by atoms with Crippen LogP contribution in [0.2, 0.25) is 0 Å². The molecule has 1 rings (SSSR count). The van der Waals surface area contributed by atoms with Crippen LogP contribution < -0.4 is 11.1 Å². The predicted octanol–water partition coefficient (Wildman–Crippen LogP) is -1.69. The van der Waals surface area contributed by atoms with Crippen molar-refractivity contribution in [1.29, 1.82) is 0 Å². The number of amides is 1. The highest BCUT2D eigenvalue weighted by Gasteiger charge is 2.26. The number of carboxylic acid groups (broad SMARTS) is 2. The van der Waals surface area contributed by atoms with Crippen molar-refractivity contribution in [3.05, 3.63) is 0 Å². The third-order valence-corrected chi connectivity index (χ3v) is 2.07. The maximum Gasteiger partial charge on any atom is 0.328 e. The number of carbonyl (C=O) groups is 4. The zero-order chi connectivity index (χ0) is 17.7. The van der Waals surface area contributed by atoms with Gasteiger partial charge in [-0.15, -0.1) is 0 Å². The molecule has 1 fully saturated rings. The van der Waals surface area contributed by atoms with Crippen LogP contribution in [0.15, 0.2) is 0 Å². The number of nitrogens with two attached hydrogens (primary N) is 1. The Bertz CT molecular complexity index is 381. The molecule has 2 unspecified atom stereocenters. The number of carboxylic acids is 2. The minimum atomic E-state index is -1.07. The second-order valence-electron chi connectivity index (χ2n) is 4.19. The molecule has 0 aromatic heterocycles. The van der Waals surface area contributed by atoms with Gasteiger partial charge in [0.2, 0.25) is 5.91 Å². The quantitative estimate of drug-likeness (QED) is 0.378. The number of rotatable bonds is 4. The van der Waals surface area contributed by atoms with E-state index in [1.807, 2.05) is 0 Å². The minimum absolute atomic E-state index is 0.120. The predicted molar refractivity (Wildman–Crippen MR) is 73.8 cm³/mol. The van der Waals surface area contributed by atoms with Crippen molar-refractivity contribution >= 4 is 23.8 Å². The fourth-order valence-electron chi connectivity index (χ4n) is 1.13. The van der Waals surface area contributed by atoms with Crippen LogP contribution in [0, 0.1) is 0 Å². The number of aliphatic hydroxyl groups excluding tert-OH is 1. The number of aliphatic hydroxyl groups is 1. The summed E-state index contributed by atoms with van der Waals surface area (Å²) in [4.78, 5) is 40.0. The van der Waals surface area contributed by atoms with E-state index in [9.17, 15) is 14.4 Å². The normalized spacial score (nSPS) is 16.9. The Balaban J connectivity index is 0. The van der Waals surface area contributed by atoms with Gasteiger partial charge in [-0.3, -0.25) is 14.4 Å². The molecule has 0 aromatic rings. The Kier molecular flexibility index (Phi) is 12.6. The molecule has 1 heterocycles. The number of hydrogen-bond acceptors (Lipinski definition) is 7. The minimum Gasteiger partial charge on any atom is -0.481 e. The van der Waals surface area contributed by atoms with E-state index in [-0.39, 0.29) is 24.9 Å². The van der Waals surface area contributed by atoms with Gasteiger partial charge in [-0.05, 0) is 6.42 Å². The molecule has 128 valence electrons. The SMILES string of the molecule is CC(=O)NC1CCOC1=O.CC(=O)O.NC(CCO)C(=O)O. The van der Waals surface area contributed by atoms with Crippen LogP contribution >= 0.6 is 0 Å². The van der Waals surface area contributed by atoms with E-state index in [4.69, 9.17) is 25.8 Å². The van der Waals surface area contributed by atoms with Crippen molar-refractivity contribution in [3.63, 3.8) is 0 Å². The van der Waals surface area contributed by atoms with Crippen LogP contribution in [0.1, 0.15) is 26.7 Å². The lowest BCUT2D eigenvalue weighted by molar-refractivity contribution is -0.141. The molecule has 1 saturated heterocycles. The van der Waals surface area contributed by atoms with Gasteiger partial charge in [0.15, 0.2) is 0 Å². The lowest BCUT2D eigenvalue weighted by Crippen LogP contribution is -2.36. The summed E-state index contributed by atoms with van der Waals surface area (Å²) in [6, 6.07) is -1.32. The first-order valence-electron chi connectivity index (χ1n) is 6.34. The van der Waals surface area contributed by atoms with E-state index in [1.54, 1.807) is 0 Å². The molecule has 0 saturated carbocycles. The highest BCUT2D eigenvalue weighted by Crippen LogP contribution is 2.04. The van der Waals surface area contributed by atoms with Crippen molar-refractivity contribution in [2.24, 2.45) is 5.73 Å². The van der Waals surface area contributed by atoms with Crippen molar-refractivity contribution in [1.82, 2.24) is 5.32 Å². The van der Waals surface area contributed by atoms with Crippen molar-refractivity contribution < 1.29 is 39.2 Å². The number of cyclic esters (lactones) is 1. The average Bonchev–Trinajstić information content (AvgIpc) is 2.74. The third kappa shape index (κ3) is 14.2. The number of nitrogens with one attached hydrogen (secondary N) is 1. The van der Waals surface area contributed by atoms with Crippen molar-refractivity contribution in [2.75, 3.05) is 13.2 Å². The second kappa shape index (κ2) is 12.5. The van der Waals surface area contributed by atoms with Crippen molar-refractivity contribution in [3.8, 4) is 0 Å². The first-order valence-corrected chi connectivity index (χ1v) is 6.34. The molecule has 1 aliphatic rings. The molecule has 6 N–H and O–H groups in total. The fourth-order valence-corrected chi connectivity index (χ4v) is 1.13. The Hall–Kier alpha value is -2.20. The molecule has 2 atom stereocenters. The molecule has 0 aliphatic carbocycles. The molecule has 22 heavy (non-hydrogen) atoms. The van der Waals surface area contributed by atoms with Gasteiger partial charge in [-0.25, -0.2) is 4.79 Å². The summed E-state index contributed by atoms with van der Waals surface area (Å²) in [5, 5.41) is 26.1. The maximum absolute atomic E-state index is 10.7. The summed E-state index contributed by atoms with van der Waals surface area (Å²) in [6.07, 6.45) is 0.716. The third-order valence-electron chi connectivity index (χ3n) is 2.07. The van der Waals surface area contributed by atoms with Gasteiger partial charge in [-0.2, -0.15) is 0 Å². The zero-order valence-corrected chi connectivity index (χ0v) is 12.4. The van der Waals surface area contributed by atoms with Crippen LogP contribution in [-0.4, -0.2) is 64.4 Å². The summed E-state index contributed by atoms with van der Waals surface area (Å²) in [5.41, 5.74) is 4.97. The van der Waals surface area contributed by atoms with Gasteiger partial charge in [0.05, 0.1) is 6.61 Å². The lowest BCUT2D eigenvalue weighted by atomic mass is 10.2. The van der Waals surface area contributed by atoms with E-state index in [0.29, 0.717) is 13.0 Å². The monoisotopic (exact) mass is 322 g/mol. The summed E-state index contributed by atoms with van der Waals surface area (Å²) in [7, 11) is 0. The molecule has 0 bridgehead atoms. The first-order chi connectivity index (χ1) is 10.1. The van der Waals surface area contributed by atoms with Gasteiger partial charge >= 0.3 is 11.9 Å². The molecule has 1 amide bonds. The van der Waals surface area contributed by atoms with E-state index in [1.165, 1.54) is 6.92 Å². The van der Waals surface area contributed by atoms with E-state index in [2.05, 4.69) is 10.1 Å². The topological polar surface area (TPSA) is 176 Å². The van der Waals surface area contributed by atoms with Crippen LogP contribution in [0.5, 0.6) is 0 Å². The summed E-state index contributed by atoms with van der Waals surface area (Å²) >= 11 is 0. The van der Waals surface area contributed by atoms with Gasteiger partial charge in [0.25, 0.3) is 5.97 Å². The number of hydrogen-bond donors (Lipinski definition) is 5.